The van der Waals surface area contributed by atoms with Crippen LogP contribution in [0.5, 0.6) is 0 Å². The molecule has 250 valence electrons. The summed E-state index contributed by atoms with van der Waals surface area (Å²) in [6.45, 7) is 8.91. The van der Waals surface area contributed by atoms with Crippen molar-refractivity contribution >= 4 is 46.3 Å². The molecule has 0 spiro atoms. The lowest BCUT2D eigenvalue weighted by atomic mass is 9.87. The smallest absolute Gasteiger partial charge is 0.0464 e. The molecule has 0 radical (unpaired) electrons. The molecule has 0 saturated carbocycles. The first kappa shape index (κ1) is 33.4. The largest absolute Gasteiger partial charge is 0.311 e. The average molecular weight is 661 g/mol. The lowest BCUT2D eigenvalue weighted by molar-refractivity contribution is 0.590. The van der Waals surface area contributed by atoms with Gasteiger partial charge in [0.05, 0.1) is 0 Å². The van der Waals surface area contributed by atoms with E-state index in [-0.39, 0.29) is 5.41 Å². The lowest BCUT2D eigenvalue weighted by Gasteiger charge is -2.27. The number of anilines is 6. The molecular weight excluding hydrogens is 617 g/mol. The third kappa shape index (κ3) is 7.87. The van der Waals surface area contributed by atoms with E-state index in [1.54, 1.807) is 0 Å². The van der Waals surface area contributed by atoms with Crippen molar-refractivity contribution in [1.29, 1.82) is 0 Å². The van der Waals surface area contributed by atoms with Crippen molar-refractivity contribution in [3.8, 4) is 11.1 Å². The highest BCUT2D eigenvalue weighted by atomic mass is 15.1. The van der Waals surface area contributed by atoms with Crippen LogP contribution in [0.15, 0.2) is 182 Å². The minimum absolute atomic E-state index is 0.112. The van der Waals surface area contributed by atoms with Crippen molar-refractivity contribution in [2.75, 3.05) is 9.80 Å². The van der Waals surface area contributed by atoms with Crippen LogP contribution in [0.3, 0.4) is 0 Å². The second-order valence-electron chi connectivity index (χ2n) is 14.1. The molecule has 2 heteroatoms. The highest BCUT2D eigenvalue weighted by molar-refractivity contribution is 5.80. The van der Waals surface area contributed by atoms with Gasteiger partial charge in [0.1, 0.15) is 0 Å². The molecule has 0 aliphatic rings. The van der Waals surface area contributed by atoms with E-state index in [0.29, 0.717) is 0 Å². The Kier molecular flexibility index (Phi) is 9.67. The van der Waals surface area contributed by atoms with Crippen molar-refractivity contribution in [2.24, 2.45) is 0 Å². The minimum Gasteiger partial charge on any atom is -0.311 e. The van der Waals surface area contributed by atoms with Gasteiger partial charge < -0.3 is 9.80 Å². The van der Waals surface area contributed by atoms with Crippen molar-refractivity contribution in [1.82, 2.24) is 0 Å². The first-order valence-electron chi connectivity index (χ1n) is 17.7. The Morgan fingerprint density at radius 1 is 0.373 bits per heavy atom. The SMILES string of the molecule is Cc1cccc(N(c2ccc(/C=C/c3ccc(-c4ccc(N(c5ccccc5)c5ccccc5)cc4)cc3)cc2)c2ccc(C(C)(C)C)cc2)c1. The van der Waals surface area contributed by atoms with Crippen LogP contribution in [-0.4, -0.2) is 0 Å². The van der Waals surface area contributed by atoms with Crippen molar-refractivity contribution in [3.05, 3.63) is 204 Å². The Morgan fingerprint density at radius 2 is 0.745 bits per heavy atom. The Balaban J connectivity index is 1.07. The molecule has 0 heterocycles. The van der Waals surface area contributed by atoms with Gasteiger partial charge >= 0.3 is 0 Å². The summed E-state index contributed by atoms with van der Waals surface area (Å²) in [5, 5.41) is 0. The van der Waals surface area contributed by atoms with Crippen LogP contribution in [0.25, 0.3) is 23.3 Å². The number of aryl methyl sites for hydroxylation is 1. The summed E-state index contributed by atoms with van der Waals surface area (Å²) in [6, 6.07) is 65.1. The molecule has 0 saturated heterocycles. The molecule has 0 amide bonds. The monoisotopic (exact) mass is 660 g/mol. The number of para-hydroxylation sites is 2. The van der Waals surface area contributed by atoms with Gasteiger partial charge in [0.2, 0.25) is 0 Å². The molecule has 2 nitrogen and oxygen atoms in total. The average Bonchev–Trinajstić information content (AvgIpc) is 3.16. The van der Waals surface area contributed by atoms with Crippen LogP contribution in [0.1, 0.15) is 43.0 Å². The van der Waals surface area contributed by atoms with Crippen molar-refractivity contribution in [3.63, 3.8) is 0 Å². The van der Waals surface area contributed by atoms with Crippen molar-refractivity contribution in [2.45, 2.75) is 33.1 Å². The van der Waals surface area contributed by atoms with Crippen LogP contribution in [-0.2, 0) is 5.41 Å². The molecule has 7 rings (SSSR count). The number of hydrogen-bond acceptors (Lipinski definition) is 2. The van der Waals surface area contributed by atoms with Gasteiger partial charge in [0.25, 0.3) is 0 Å². The normalized spacial score (nSPS) is 11.5. The molecule has 51 heavy (non-hydrogen) atoms. The standard InChI is InChI=1S/C49H44N2/c1-37-12-11-17-48(36-37)51(47-34-28-42(29-35-47)49(2,3)4)45-30-22-39(23-31-45)19-18-38-20-24-40(25-21-38)41-26-32-46(33-27-41)50(43-13-7-5-8-14-43)44-15-9-6-10-16-44/h5-36H,1-4H3/b19-18+. The molecule has 7 aromatic carbocycles. The first-order valence-corrected chi connectivity index (χ1v) is 17.7. The predicted molar refractivity (Wildman–Crippen MR) is 220 cm³/mol. The van der Waals surface area contributed by atoms with Gasteiger partial charge in [-0.15, -0.1) is 0 Å². The van der Waals surface area contributed by atoms with Gasteiger partial charge in [-0.05, 0) is 119 Å². The van der Waals surface area contributed by atoms with E-state index in [9.17, 15) is 0 Å². The molecular formula is C49H44N2. The van der Waals surface area contributed by atoms with E-state index in [2.05, 4.69) is 232 Å². The molecule has 0 aromatic heterocycles. The fourth-order valence-corrected chi connectivity index (χ4v) is 6.44. The zero-order valence-corrected chi connectivity index (χ0v) is 29.9. The number of hydrogen-bond donors (Lipinski definition) is 0. The molecule has 0 atom stereocenters. The zero-order valence-electron chi connectivity index (χ0n) is 29.9. The lowest BCUT2D eigenvalue weighted by Crippen LogP contribution is -2.13. The molecule has 0 N–H and O–H groups in total. The van der Waals surface area contributed by atoms with Crippen molar-refractivity contribution < 1.29 is 0 Å². The van der Waals surface area contributed by atoms with Gasteiger partial charge in [-0.25, -0.2) is 0 Å². The van der Waals surface area contributed by atoms with Gasteiger partial charge in [0.15, 0.2) is 0 Å². The van der Waals surface area contributed by atoms with Crippen LogP contribution >= 0.6 is 0 Å². The summed E-state index contributed by atoms with van der Waals surface area (Å²) in [4.78, 5) is 4.62. The summed E-state index contributed by atoms with van der Waals surface area (Å²) in [6.07, 6.45) is 4.37. The summed E-state index contributed by atoms with van der Waals surface area (Å²) < 4.78 is 0. The van der Waals surface area contributed by atoms with Crippen LogP contribution in [0, 0.1) is 6.92 Å². The summed E-state index contributed by atoms with van der Waals surface area (Å²) in [5.41, 5.74) is 14.2. The highest BCUT2D eigenvalue weighted by Crippen LogP contribution is 2.37. The predicted octanol–water partition coefficient (Wildman–Crippen LogP) is 14.1. The van der Waals surface area contributed by atoms with E-state index in [4.69, 9.17) is 0 Å². The van der Waals surface area contributed by atoms with Crippen LogP contribution < -0.4 is 9.80 Å². The van der Waals surface area contributed by atoms with Gasteiger partial charge in [-0.1, -0.05) is 142 Å². The third-order valence-electron chi connectivity index (χ3n) is 9.27. The maximum absolute atomic E-state index is 2.33. The second-order valence-corrected chi connectivity index (χ2v) is 14.1. The topological polar surface area (TPSA) is 6.48 Å². The maximum Gasteiger partial charge on any atom is 0.0464 e. The molecule has 0 fully saturated rings. The highest BCUT2D eigenvalue weighted by Gasteiger charge is 2.17. The molecule has 0 bridgehead atoms. The second kappa shape index (κ2) is 14.8. The fraction of sp³-hybridized carbons (Fsp3) is 0.102. The Hall–Kier alpha value is -6.12. The minimum atomic E-state index is 0.112. The number of nitrogens with zero attached hydrogens (tertiary/aromatic N) is 2. The van der Waals surface area contributed by atoms with Gasteiger partial charge in [0, 0.05) is 34.1 Å². The van der Waals surface area contributed by atoms with E-state index < -0.39 is 0 Å². The maximum atomic E-state index is 2.33. The van der Waals surface area contributed by atoms with E-state index in [1.165, 1.54) is 27.8 Å². The third-order valence-corrected chi connectivity index (χ3v) is 9.27. The summed E-state index contributed by atoms with van der Waals surface area (Å²) in [5.74, 6) is 0. The van der Waals surface area contributed by atoms with Gasteiger partial charge in [-0.2, -0.15) is 0 Å². The van der Waals surface area contributed by atoms with Crippen LogP contribution in [0.2, 0.25) is 0 Å². The van der Waals surface area contributed by atoms with Crippen LogP contribution in [0.4, 0.5) is 34.1 Å². The Morgan fingerprint density at radius 3 is 1.22 bits per heavy atom. The molecule has 0 aliphatic carbocycles. The number of rotatable bonds is 9. The molecule has 0 aliphatic heterocycles. The molecule has 0 unspecified atom stereocenters. The molecule has 7 aromatic rings. The zero-order chi connectivity index (χ0) is 35.2. The van der Waals surface area contributed by atoms with E-state index in [1.807, 2.05) is 0 Å². The summed E-state index contributed by atoms with van der Waals surface area (Å²) in [7, 11) is 0. The summed E-state index contributed by atoms with van der Waals surface area (Å²) >= 11 is 0. The van der Waals surface area contributed by atoms with E-state index >= 15 is 0 Å². The van der Waals surface area contributed by atoms with Gasteiger partial charge in [-0.3, -0.25) is 0 Å². The Bertz CT molecular complexity index is 2150. The van der Waals surface area contributed by atoms with E-state index in [0.717, 1.165) is 39.7 Å². The first-order chi connectivity index (χ1) is 24.8. The Labute approximate surface area is 303 Å². The number of benzene rings is 7. The quantitative estimate of drug-likeness (QED) is 0.142. The fourth-order valence-electron chi connectivity index (χ4n) is 6.44.